The number of hydrogen-bond acceptors (Lipinski definition) is 6. The summed E-state index contributed by atoms with van der Waals surface area (Å²) in [4.78, 5) is 29.6. The molecule has 30 heavy (non-hydrogen) atoms. The van der Waals surface area contributed by atoms with Crippen molar-refractivity contribution in [1.29, 1.82) is 0 Å². The minimum absolute atomic E-state index is 0.138. The minimum Gasteiger partial charge on any atom is -0.391 e. The maximum Gasteiger partial charge on any atom is 0.248 e. The molecule has 170 valence electrons. The number of carbonyl (C=O) groups excluding carboxylic acids is 2. The van der Waals surface area contributed by atoms with Gasteiger partial charge in [0.25, 0.3) is 0 Å². The average molecular weight is 423 g/mol. The van der Waals surface area contributed by atoms with Crippen molar-refractivity contribution in [3.8, 4) is 0 Å². The highest BCUT2D eigenvalue weighted by Gasteiger charge is 2.45. The lowest BCUT2D eigenvalue weighted by Crippen LogP contribution is -2.49. The second-order valence-corrected chi connectivity index (χ2v) is 9.83. The maximum atomic E-state index is 13.6. The van der Waals surface area contributed by atoms with E-state index in [9.17, 15) is 14.7 Å². The quantitative estimate of drug-likeness (QED) is 0.684. The lowest BCUT2D eigenvalue weighted by molar-refractivity contribution is -0.144. The second-order valence-electron chi connectivity index (χ2n) is 9.83. The first kappa shape index (κ1) is 24.3. The summed E-state index contributed by atoms with van der Waals surface area (Å²) in [6, 6.07) is -0.602. The molecule has 2 amide bonds. The Kier molecular flexibility index (Phi) is 7.63. The van der Waals surface area contributed by atoms with Gasteiger partial charge in [0.15, 0.2) is 0 Å². The number of amides is 2. The predicted octanol–water partition coefficient (Wildman–Crippen LogP) is 1.19. The van der Waals surface area contributed by atoms with Crippen molar-refractivity contribution in [2.24, 2.45) is 5.41 Å². The van der Waals surface area contributed by atoms with Gasteiger partial charge in [-0.25, -0.2) is 4.68 Å². The van der Waals surface area contributed by atoms with Crippen LogP contribution in [0.25, 0.3) is 0 Å². The number of nitrogens with zero attached hydrogens (tertiary/aromatic N) is 5. The molecule has 1 aromatic heterocycles. The van der Waals surface area contributed by atoms with Gasteiger partial charge in [0.05, 0.1) is 18.0 Å². The maximum absolute atomic E-state index is 13.6. The number of rotatable bonds is 7. The first-order chi connectivity index (χ1) is 13.9. The highest BCUT2D eigenvalue weighted by atomic mass is 16.3. The van der Waals surface area contributed by atoms with Crippen molar-refractivity contribution >= 4 is 11.8 Å². The Morgan fingerprint density at radius 1 is 1.27 bits per heavy atom. The molecule has 0 aliphatic carbocycles. The van der Waals surface area contributed by atoms with Crippen LogP contribution in [-0.2, 0) is 16.1 Å². The first-order valence-corrected chi connectivity index (χ1v) is 10.7. The average Bonchev–Trinajstić information content (AvgIpc) is 3.23. The van der Waals surface area contributed by atoms with E-state index >= 15 is 0 Å². The van der Waals surface area contributed by atoms with Crippen molar-refractivity contribution < 1.29 is 14.7 Å². The van der Waals surface area contributed by atoms with Gasteiger partial charge in [-0.15, -0.1) is 5.10 Å². The molecule has 3 atom stereocenters. The Balaban J connectivity index is 2.32. The van der Waals surface area contributed by atoms with Crippen LogP contribution < -0.4 is 5.32 Å². The van der Waals surface area contributed by atoms with E-state index in [4.69, 9.17) is 0 Å². The van der Waals surface area contributed by atoms with Crippen LogP contribution in [0.2, 0.25) is 0 Å². The third-order valence-corrected chi connectivity index (χ3v) is 5.66. The number of nitrogens with one attached hydrogen (secondary N) is 1. The molecule has 2 unspecified atom stereocenters. The van der Waals surface area contributed by atoms with E-state index in [1.807, 2.05) is 27.0 Å². The van der Waals surface area contributed by atoms with Crippen molar-refractivity contribution in [3.05, 3.63) is 11.9 Å². The largest absolute Gasteiger partial charge is 0.391 e. The molecule has 2 heterocycles. The molecule has 1 fully saturated rings. The fourth-order valence-corrected chi connectivity index (χ4v) is 4.17. The van der Waals surface area contributed by atoms with Crippen LogP contribution in [0.4, 0.5) is 0 Å². The number of hydrogen-bond donors (Lipinski definition) is 2. The van der Waals surface area contributed by atoms with Gasteiger partial charge in [-0.05, 0) is 33.1 Å². The molecule has 1 aliphatic heterocycles. The van der Waals surface area contributed by atoms with Gasteiger partial charge in [-0.1, -0.05) is 26.0 Å². The Bertz CT molecular complexity index is 731. The highest BCUT2D eigenvalue weighted by Crippen LogP contribution is 2.34. The number of aromatic nitrogens is 3. The van der Waals surface area contributed by atoms with E-state index in [2.05, 4.69) is 48.2 Å². The Labute approximate surface area is 179 Å². The van der Waals surface area contributed by atoms with Crippen LogP contribution in [0.15, 0.2) is 6.20 Å². The summed E-state index contributed by atoms with van der Waals surface area (Å²) in [5.74, 6) is -0.495. The molecule has 0 bridgehead atoms. The van der Waals surface area contributed by atoms with E-state index < -0.39 is 23.6 Å². The Morgan fingerprint density at radius 2 is 1.87 bits per heavy atom. The Morgan fingerprint density at radius 3 is 2.37 bits per heavy atom. The molecule has 0 spiro atoms. The molecule has 1 aliphatic rings. The zero-order chi connectivity index (χ0) is 22.8. The van der Waals surface area contributed by atoms with Crippen LogP contribution in [0.1, 0.15) is 66.6 Å². The summed E-state index contributed by atoms with van der Waals surface area (Å²) >= 11 is 0. The Hall–Kier alpha value is -2.00. The van der Waals surface area contributed by atoms with E-state index in [0.717, 1.165) is 5.69 Å². The van der Waals surface area contributed by atoms with Crippen LogP contribution in [0.3, 0.4) is 0 Å². The standard InChI is InChI=1S/C21H38N6O3/c1-13(2)25(14(3)4)10-15-11-27(24-23-15)18(21(5,6)7)20(30)26-12-16(28)9-17(26)19(29)22-8/h11,13-14,16-18,28H,9-10,12H2,1-8H3,(H,22,29)/t16?,17?,18-/m1/s1. The van der Waals surface area contributed by atoms with E-state index in [1.165, 1.54) is 11.9 Å². The van der Waals surface area contributed by atoms with E-state index in [0.29, 0.717) is 18.6 Å². The molecule has 0 aromatic carbocycles. The lowest BCUT2D eigenvalue weighted by Gasteiger charge is -2.34. The number of carbonyl (C=O) groups is 2. The molecule has 2 N–H and O–H groups in total. The van der Waals surface area contributed by atoms with Crippen molar-refractivity contribution in [3.63, 3.8) is 0 Å². The van der Waals surface area contributed by atoms with Crippen LogP contribution >= 0.6 is 0 Å². The van der Waals surface area contributed by atoms with Crippen molar-refractivity contribution in [2.45, 2.75) is 91.7 Å². The predicted molar refractivity (Wildman–Crippen MR) is 115 cm³/mol. The van der Waals surface area contributed by atoms with Crippen LogP contribution in [0, 0.1) is 5.41 Å². The molecule has 9 heteroatoms. The monoisotopic (exact) mass is 422 g/mol. The number of β-amino-alcohol motifs (C(OH)–C–C–N with tert-alkyl or cyclic N) is 1. The SMILES string of the molecule is CNC(=O)C1CC(O)CN1C(=O)[C@@H](n1cc(CN(C(C)C)C(C)C)nn1)C(C)(C)C. The van der Waals surface area contributed by atoms with Gasteiger partial charge in [0.1, 0.15) is 12.1 Å². The molecule has 9 nitrogen and oxygen atoms in total. The number of likely N-dealkylation sites (N-methyl/N-ethyl adjacent to an activating group) is 1. The van der Waals surface area contributed by atoms with E-state index in [-0.39, 0.29) is 24.8 Å². The summed E-state index contributed by atoms with van der Waals surface area (Å²) in [6.45, 7) is 15.2. The number of aliphatic hydroxyl groups is 1. The van der Waals surface area contributed by atoms with E-state index in [1.54, 1.807) is 4.68 Å². The normalized spacial score (nSPS) is 21.0. The van der Waals surface area contributed by atoms with Gasteiger partial charge in [-0.3, -0.25) is 14.5 Å². The van der Waals surface area contributed by atoms with Gasteiger partial charge >= 0.3 is 0 Å². The lowest BCUT2D eigenvalue weighted by atomic mass is 9.85. The fraction of sp³-hybridized carbons (Fsp3) is 0.810. The van der Waals surface area contributed by atoms with Crippen molar-refractivity contribution in [1.82, 2.24) is 30.1 Å². The zero-order valence-corrected chi connectivity index (χ0v) is 19.6. The van der Waals surface area contributed by atoms with Gasteiger partial charge in [0.2, 0.25) is 11.8 Å². The summed E-state index contributed by atoms with van der Waals surface area (Å²) in [7, 11) is 1.54. The highest BCUT2D eigenvalue weighted by molar-refractivity contribution is 5.90. The van der Waals surface area contributed by atoms with Gasteiger partial charge < -0.3 is 15.3 Å². The number of aliphatic hydroxyl groups excluding tert-OH is 1. The zero-order valence-electron chi connectivity index (χ0n) is 19.6. The number of likely N-dealkylation sites (tertiary alicyclic amines) is 1. The van der Waals surface area contributed by atoms with Gasteiger partial charge in [0, 0.05) is 38.6 Å². The summed E-state index contributed by atoms with van der Waals surface area (Å²) < 4.78 is 1.61. The van der Waals surface area contributed by atoms with Crippen LogP contribution in [-0.4, -0.2) is 79.5 Å². The molecule has 2 rings (SSSR count). The minimum atomic E-state index is -0.714. The molecule has 1 saturated heterocycles. The molecule has 0 radical (unpaired) electrons. The topological polar surface area (TPSA) is 104 Å². The van der Waals surface area contributed by atoms with Crippen LogP contribution in [0.5, 0.6) is 0 Å². The summed E-state index contributed by atoms with van der Waals surface area (Å²) in [6.07, 6.45) is 1.35. The molecule has 1 aromatic rings. The third-order valence-electron chi connectivity index (χ3n) is 5.66. The smallest absolute Gasteiger partial charge is 0.248 e. The first-order valence-electron chi connectivity index (χ1n) is 10.7. The van der Waals surface area contributed by atoms with Crippen molar-refractivity contribution in [2.75, 3.05) is 13.6 Å². The van der Waals surface area contributed by atoms with Gasteiger partial charge in [-0.2, -0.15) is 0 Å². The summed E-state index contributed by atoms with van der Waals surface area (Å²) in [5.41, 5.74) is 0.335. The summed E-state index contributed by atoms with van der Waals surface area (Å²) in [5, 5.41) is 21.3. The molecular formula is C21H38N6O3. The second kappa shape index (κ2) is 9.43. The molecule has 0 saturated carbocycles. The third kappa shape index (κ3) is 5.37. The fourth-order valence-electron chi connectivity index (χ4n) is 4.17. The molecular weight excluding hydrogens is 384 g/mol.